The Morgan fingerprint density at radius 2 is 2.00 bits per heavy atom. The van der Waals surface area contributed by atoms with Crippen LogP contribution in [0.2, 0.25) is 0 Å². The molecule has 1 fully saturated rings. The fourth-order valence-corrected chi connectivity index (χ4v) is 2.77. The van der Waals surface area contributed by atoms with Gasteiger partial charge in [-0.1, -0.05) is 30.3 Å². The molecule has 0 bridgehead atoms. The summed E-state index contributed by atoms with van der Waals surface area (Å²) in [5, 5.41) is 0. The lowest BCUT2D eigenvalue weighted by molar-refractivity contribution is -0.135. The second kappa shape index (κ2) is 6.82. The molecule has 3 heteroatoms. The fraction of sp³-hybridized carbons (Fsp3) is 0.421. The highest BCUT2D eigenvalue weighted by atomic mass is 16.3. The van der Waals surface area contributed by atoms with Crippen molar-refractivity contribution in [1.29, 1.82) is 0 Å². The van der Waals surface area contributed by atoms with Crippen molar-refractivity contribution in [1.82, 2.24) is 4.90 Å². The maximum absolute atomic E-state index is 12.6. The van der Waals surface area contributed by atoms with Crippen LogP contribution in [0, 0.1) is 5.92 Å². The molecule has 3 rings (SSSR count). The minimum Gasteiger partial charge on any atom is -0.472 e. The molecular formula is C19H23NO2. The lowest BCUT2D eigenvalue weighted by Gasteiger charge is -2.29. The van der Waals surface area contributed by atoms with Gasteiger partial charge in [0, 0.05) is 24.1 Å². The van der Waals surface area contributed by atoms with Gasteiger partial charge in [0.25, 0.3) is 0 Å². The third kappa shape index (κ3) is 3.79. The monoisotopic (exact) mass is 297 g/mol. The summed E-state index contributed by atoms with van der Waals surface area (Å²) in [5.41, 5.74) is 2.40. The number of carbonyl (C=O) groups is 1. The van der Waals surface area contributed by atoms with Crippen molar-refractivity contribution in [3.63, 3.8) is 0 Å². The van der Waals surface area contributed by atoms with E-state index in [4.69, 9.17) is 4.42 Å². The number of nitrogens with zero attached hydrogens (tertiary/aromatic N) is 1. The number of hydrogen-bond donors (Lipinski definition) is 0. The van der Waals surface area contributed by atoms with Crippen molar-refractivity contribution in [2.75, 3.05) is 0 Å². The second-order valence-corrected chi connectivity index (χ2v) is 6.25. The highest BCUT2D eigenvalue weighted by Gasteiger charge is 2.35. The Hall–Kier alpha value is -2.03. The molecule has 0 unspecified atom stereocenters. The van der Waals surface area contributed by atoms with Gasteiger partial charge in [0.15, 0.2) is 0 Å². The van der Waals surface area contributed by atoms with E-state index in [0.29, 0.717) is 12.5 Å². The van der Waals surface area contributed by atoms with Gasteiger partial charge in [0.2, 0.25) is 5.91 Å². The first-order valence-corrected chi connectivity index (χ1v) is 8.09. The zero-order valence-electron chi connectivity index (χ0n) is 13.1. The van der Waals surface area contributed by atoms with E-state index in [0.717, 1.165) is 31.2 Å². The summed E-state index contributed by atoms with van der Waals surface area (Å²) in [6, 6.07) is 12.7. The van der Waals surface area contributed by atoms with Crippen LogP contribution in [0.5, 0.6) is 0 Å². The molecule has 1 heterocycles. The van der Waals surface area contributed by atoms with Crippen LogP contribution in [0.15, 0.2) is 53.3 Å². The third-order valence-electron chi connectivity index (χ3n) is 4.37. The molecule has 0 saturated heterocycles. The van der Waals surface area contributed by atoms with Crippen LogP contribution < -0.4 is 0 Å². The van der Waals surface area contributed by atoms with Crippen molar-refractivity contribution in [2.45, 2.75) is 45.2 Å². The number of aryl methyl sites for hydroxylation is 1. The van der Waals surface area contributed by atoms with Gasteiger partial charge in [0.1, 0.15) is 0 Å². The predicted molar refractivity (Wildman–Crippen MR) is 86.2 cm³/mol. The van der Waals surface area contributed by atoms with E-state index in [1.54, 1.807) is 12.5 Å². The van der Waals surface area contributed by atoms with Crippen molar-refractivity contribution in [3.05, 3.63) is 60.1 Å². The molecule has 0 spiro atoms. The number of amides is 1. The Morgan fingerprint density at radius 3 is 2.64 bits per heavy atom. The predicted octanol–water partition coefficient (Wildman–Crippen LogP) is 4.04. The Kier molecular flexibility index (Phi) is 4.62. The van der Waals surface area contributed by atoms with E-state index >= 15 is 0 Å². The summed E-state index contributed by atoms with van der Waals surface area (Å²) in [5.74, 6) is 0.563. The van der Waals surface area contributed by atoms with Crippen LogP contribution in [0.25, 0.3) is 0 Å². The number of hydrogen-bond acceptors (Lipinski definition) is 2. The number of benzene rings is 1. The Bertz CT molecular complexity index is 587. The average molecular weight is 297 g/mol. The number of furan rings is 1. The lowest BCUT2D eigenvalue weighted by Crippen LogP contribution is -2.39. The van der Waals surface area contributed by atoms with E-state index in [1.165, 1.54) is 5.56 Å². The van der Waals surface area contributed by atoms with E-state index in [-0.39, 0.29) is 12.0 Å². The molecule has 2 aromatic rings. The van der Waals surface area contributed by atoms with Crippen molar-refractivity contribution >= 4 is 5.91 Å². The minimum absolute atomic E-state index is 0.239. The lowest BCUT2D eigenvalue weighted by atomic mass is 10.0. The van der Waals surface area contributed by atoms with Crippen molar-refractivity contribution in [2.24, 2.45) is 5.92 Å². The first-order valence-electron chi connectivity index (χ1n) is 8.09. The Balaban J connectivity index is 1.63. The molecule has 116 valence electrons. The summed E-state index contributed by atoms with van der Waals surface area (Å²) in [6.45, 7) is 2.81. The SMILES string of the molecule is C[C@@H](CCc1ccccc1)N(Cc1ccoc1)C(=O)C1CC1. The summed E-state index contributed by atoms with van der Waals surface area (Å²) >= 11 is 0. The Labute approximate surface area is 131 Å². The van der Waals surface area contributed by atoms with Gasteiger partial charge in [-0.05, 0) is 44.2 Å². The molecule has 1 aliphatic rings. The molecule has 0 N–H and O–H groups in total. The molecule has 1 atom stereocenters. The third-order valence-corrected chi connectivity index (χ3v) is 4.37. The molecule has 1 aliphatic carbocycles. The number of carbonyl (C=O) groups excluding carboxylic acids is 1. The van der Waals surface area contributed by atoms with E-state index in [1.807, 2.05) is 17.0 Å². The zero-order chi connectivity index (χ0) is 15.4. The first-order chi connectivity index (χ1) is 10.7. The normalized spacial score (nSPS) is 15.5. The van der Waals surface area contributed by atoms with Gasteiger partial charge in [0.05, 0.1) is 12.5 Å². The Morgan fingerprint density at radius 1 is 1.23 bits per heavy atom. The topological polar surface area (TPSA) is 33.5 Å². The molecule has 1 aromatic heterocycles. The summed E-state index contributed by atoms with van der Waals surface area (Å²) in [4.78, 5) is 14.6. The maximum atomic E-state index is 12.6. The number of rotatable bonds is 7. The maximum Gasteiger partial charge on any atom is 0.226 e. The van der Waals surface area contributed by atoms with Gasteiger partial charge in [-0.25, -0.2) is 0 Å². The van der Waals surface area contributed by atoms with Crippen LogP contribution in [0.1, 0.15) is 37.3 Å². The van der Waals surface area contributed by atoms with Crippen LogP contribution >= 0.6 is 0 Å². The summed E-state index contributed by atoms with van der Waals surface area (Å²) < 4.78 is 5.14. The van der Waals surface area contributed by atoms with Gasteiger partial charge < -0.3 is 9.32 Å². The summed E-state index contributed by atoms with van der Waals surface area (Å²) in [7, 11) is 0. The van der Waals surface area contributed by atoms with Crippen LogP contribution in [-0.2, 0) is 17.8 Å². The molecule has 0 aliphatic heterocycles. The average Bonchev–Trinajstić information content (AvgIpc) is 3.28. The van der Waals surface area contributed by atoms with Gasteiger partial charge in [-0.2, -0.15) is 0 Å². The fourth-order valence-electron chi connectivity index (χ4n) is 2.77. The smallest absolute Gasteiger partial charge is 0.226 e. The molecule has 1 aromatic carbocycles. The largest absolute Gasteiger partial charge is 0.472 e. The van der Waals surface area contributed by atoms with Crippen LogP contribution in [0.3, 0.4) is 0 Å². The molecule has 3 nitrogen and oxygen atoms in total. The molecule has 1 saturated carbocycles. The highest BCUT2D eigenvalue weighted by Crippen LogP contribution is 2.32. The van der Waals surface area contributed by atoms with Crippen LogP contribution in [0.4, 0.5) is 0 Å². The van der Waals surface area contributed by atoms with Crippen LogP contribution in [-0.4, -0.2) is 16.8 Å². The minimum atomic E-state index is 0.239. The zero-order valence-corrected chi connectivity index (χ0v) is 13.1. The van der Waals surface area contributed by atoms with Gasteiger partial charge in [-0.15, -0.1) is 0 Å². The van der Waals surface area contributed by atoms with Gasteiger partial charge in [-0.3, -0.25) is 4.79 Å². The quantitative estimate of drug-likeness (QED) is 0.773. The molecule has 0 radical (unpaired) electrons. The second-order valence-electron chi connectivity index (χ2n) is 6.25. The first kappa shape index (κ1) is 14.9. The van der Waals surface area contributed by atoms with Crippen molar-refractivity contribution in [3.8, 4) is 0 Å². The molecule has 1 amide bonds. The van der Waals surface area contributed by atoms with E-state index in [2.05, 4.69) is 31.2 Å². The summed E-state index contributed by atoms with van der Waals surface area (Å²) in [6.07, 6.45) is 7.49. The van der Waals surface area contributed by atoms with E-state index < -0.39 is 0 Å². The molecular weight excluding hydrogens is 274 g/mol. The standard InChI is InChI=1S/C19H23NO2/c1-15(7-8-16-5-3-2-4-6-16)20(19(21)18-9-10-18)13-17-11-12-22-14-17/h2-6,11-12,14-15,18H,7-10,13H2,1H3/t15-/m0/s1. The highest BCUT2D eigenvalue weighted by molar-refractivity contribution is 5.81. The molecule has 22 heavy (non-hydrogen) atoms. The van der Waals surface area contributed by atoms with E-state index in [9.17, 15) is 4.79 Å². The van der Waals surface area contributed by atoms with Crippen molar-refractivity contribution < 1.29 is 9.21 Å². The van der Waals surface area contributed by atoms with Gasteiger partial charge >= 0.3 is 0 Å².